The summed E-state index contributed by atoms with van der Waals surface area (Å²) in [5.41, 5.74) is -1.71. The van der Waals surface area contributed by atoms with E-state index in [1.165, 1.54) is 0 Å². The predicted octanol–water partition coefficient (Wildman–Crippen LogP) is 2.50. The number of rotatable bonds is 3. The molecule has 2 rings (SSSR count). The van der Waals surface area contributed by atoms with E-state index in [0.717, 1.165) is 0 Å². The van der Waals surface area contributed by atoms with Crippen LogP contribution in [-0.4, -0.2) is 17.0 Å². The summed E-state index contributed by atoms with van der Waals surface area (Å²) >= 11 is 0. The van der Waals surface area contributed by atoms with Crippen molar-refractivity contribution in [2.24, 2.45) is 11.8 Å². The molecule has 0 heterocycles. The highest BCUT2D eigenvalue weighted by Crippen LogP contribution is 2.40. The maximum atomic E-state index is 13.4. The molecule has 0 aliphatic heterocycles. The molecule has 1 aliphatic carbocycles. The summed E-state index contributed by atoms with van der Waals surface area (Å²) in [6.45, 7) is 0. The zero-order chi connectivity index (χ0) is 15.1. The molecule has 0 spiro atoms. The summed E-state index contributed by atoms with van der Waals surface area (Å²) in [4.78, 5) is 22.2. The maximum absolute atomic E-state index is 13.4. The van der Waals surface area contributed by atoms with Crippen molar-refractivity contribution in [3.63, 3.8) is 0 Å². The van der Waals surface area contributed by atoms with Gasteiger partial charge >= 0.3 is 12.1 Å². The molecule has 108 valence electrons. The van der Waals surface area contributed by atoms with Gasteiger partial charge in [0.2, 0.25) is 5.91 Å². The number of carbonyl (C=O) groups excluding carboxylic acids is 1. The fourth-order valence-electron chi connectivity index (χ4n) is 1.78. The lowest BCUT2D eigenvalue weighted by Crippen LogP contribution is -2.18. The standard InChI is InChI=1S/C12H9F4NO3/c13-8-2-1-5(12(14,15)16)3-9(8)17-10(18)6-4-7(6)11(19)20/h1-3,6-7H,4H2,(H,17,18)(H,19,20)/t6-,7-/m0/s1. The Kier molecular flexibility index (Phi) is 3.41. The number of benzene rings is 1. The van der Waals surface area contributed by atoms with Gasteiger partial charge in [0, 0.05) is 0 Å². The summed E-state index contributed by atoms with van der Waals surface area (Å²) in [5, 5.41) is 10.6. The summed E-state index contributed by atoms with van der Waals surface area (Å²) in [6.07, 6.45) is -4.56. The third-order valence-electron chi connectivity index (χ3n) is 3.00. The fraction of sp³-hybridized carbons (Fsp3) is 0.333. The Hall–Kier alpha value is -2.12. The average Bonchev–Trinajstić information content (AvgIpc) is 3.10. The lowest BCUT2D eigenvalue weighted by molar-refractivity contribution is -0.139. The van der Waals surface area contributed by atoms with E-state index >= 15 is 0 Å². The molecule has 2 N–H and O–H groups in total. The summed E-state index contributed by atoms with van der Waals surface area (Å²) in [7, 11) is 0. The predicted molar refractivity (Wildman–Crippen MR) is 59.3 cm³/mol. The van der Waals surface area contributed by atoms with Crippen molar-refractivity contribution >= 4 is 17.6 Å². The monoisotopic (exact) mass is 291 g/mol. The van der Waals surface area contributed by atoms with Crippen LogP contribution in [0.15, 0.2) is 18.2 Å². The molecule has 1 amide bonds. The van der Waals surface area contributed by atoms with Crippen LogP contribution in [0.3, 0.4) is 0 Å². The zero-order valence-corrected chi connectivity index (χ0v) is 9.87. The van der Waals surface area contributed by atoms with Gasteiger partial charge in [-0.3, -0.25) is 9.59 Å². The van der Waals surface area contributed by atoms with E-state index in [1.54, 1.807) is 0 Å². The Morgan fingerprint density at radius 1 is 1.25 bits per heavy atom. The maximum Gasteiger partial charge on any atom is 0.416 e. The number of alkyl halides is 3. The third-order valence-corrected chi connectivity index (χ3v) is 3.00. The van der Waals surface area contributed by atoms with Gasteiger partial charge in [-0.05, 0) is 24.6 Å². The van der Waals surface area contributed by atoms with Gasteiger partial charge in [-0.25, -0.2) is 4.39 Å². The molecule has 0 aromatic heterocycles. The number of hydrogen-bond acceptors (Lipinski definition) is 2. The molecule has 0 saturated heterocycles. The number of hydrogen-bond donors (Lipinski definition) is 2. The van der Waals surface area contributed by atoms with Crippen molar-refractivity contribution in [1.82, 2.24) is 0 Å². The number of halogens is 4. The van der Waals surface area contributed by atoms with Gasteiger partial charge in [0.15, 0.2) is 0 Å². The minimum absolute atomic E-state index is 0.0990. The number of anilines is 1. The number of nitrogens with one attached hydrogen (secondary N) is 1. The van der Waals surface area contributed by atoms with Crippen molar-refractivity contribution in [3.8, 4) is 0 Å². The zero-order valence-electron chi connectivity index (χ0n) is 9.87. The normalized spacial score (nSPS) is 21.4. The lowest BCUT2D eigenvalue weighted by atomic mass is 10.1. The van der Waals surface area contributed by atoms with Crippen LogP contribution in [0.2, 0.25) is 0 Å². The van der Waals surface area contributed by atoms with Crippen LogP contribution in [0.25, 0.3) is 0 Å². The molecule has 1 fully saturated rings. The molecule has 0 bridgehead atoms. The van der Waals surface area contributed by atoms with Crippen LogP contribution in [0.4, 0.5) is 23.2 Å². The molecule has 0 unspecified atom stereocenters. The second kappa shape index (κ2) is 4.77. The number of carboxylic acid groups (broad SMARTS) is 1. The molecule has 0 radical (unpaired) electrons. The Labute approximate surface area is 110 Å². The molecule has 1 aromatic carbocycles. The van der Waals surface area contributed by atoms with Crippen molar-refractivity contribution < 1.29 is 32.3 Å². The van der Waals surface area contributed by atoms with Crippen LogP contribution in [0, 0.1) is 17.7 Å². The summed E-state index contributed by atoms with van der Waals surface area (Å²) < 4.78 is 50.7. The van der Waals surface area contributed by atoms with E-state index < -0.39 is 47.0 Å². The van der Waals surface area contributed by atoms with E-state index in [1.807, 2.05) is 5.32 Å². The van der Waals surface area contributed by atoms with Gasteiger partial charge in [-0.15, -0.1) is 0 Å². The fourth-order valence-corrected chi connectivity index (χ4v) is 1.78. The smallest absolute Gasteiger partial charge is 0.416 e. The highest BCUT2D eigenvalue weighted by Gasteiger charge is 2.48. The lowest BCUT2D eigenvalue weighted by Gasteiger charge is -2.10. The van der Waals surface area contributed by atoms with Gasteiger partial charge < -0.3 is 10.4 Å². The molecule has 1 aliphatic rings. The van der Waals surface area contributed by atoms with Gasteiger partial charge in [0.1, 0.15) is 5.82 Å². The number of carbonyl (C=O) groups is 2. The number of carboxylic acids is 1. The van der Waals surface area contributed by atoms with E-state index in [-0.39, 0.29) is 6.42 Å². The molecule has 2 atom stereocenters. The Balaban J connectivity index is 2.14. The van der Waals surface area contributed by atoms with Crippen LogP contribution in [0.5, 0.6) is 0 Å². The first-order valence-corrected chi connectivity index (χ1v) is 5.60. The van der Waals surface area contributed by atoms with Gasteiger partial charge in [-0.1, -0.05) is 0 Å². The molecular formula is C12H9F4NO3. The van der Waals surface area contributed by atoms with Gasteiger partial charge in [0.25, 0.3) is 0 Å². The van der Waals surface area contributed by atoms with Crippen molar-refractivity contribution in [2.45, 2.75) is 12.6 Å². The number of amides is 1. The molecule has 1 saturated carbocycles. The average molecular weight is 291 g/mol. The van der Waals surface area contributed by atoms with Gasteiger partial charge in [0.05, 0.1) is 23.1 Å². The highest BCUT2D eigenvalue weighted by molar-refractivity contribution is 5.98. The number of aliphatic carboxylic acids is 1. The minimum Gasteiger partial charge on any atom is -0.481 e. The SMILES string of the molecule is O=C(O)[C@H]1C[C@@H]1C(=O)Nc1cc(C(F)(F)F)ccc1F. The first kappa shape index (κ1) is 14.3. The second-order valence-electron chi connectivity index (χ2n) is 4.47. The van der Waals surface area contributed by atoms with Crippen LogP contribution >= 0.6 is 0 Å². The van der Waals surface area contributed by atoms with Crippen LogP contribution < -0.4 is 5.32 Å². The van der Waals surface area contributed by atoms with Crippen LogP contribution in [-0.2, 0) is 15.8 Å². The third kappa shape index (κ3) is 2.89. The Morgan fingerprint density at radius 2 is 1.90 bits per heavy atom. The topological polar surface area (TPSA) is 66.4 Å². The quantitative estimate of drug-likeness (QED) is 0.841. The molecule has 20 heavy (non-hydrogen) atoms. The van der Waals surface area contributed by atoms with Crippen molar-refractivity contribution in [3.05, 3.63) is 29.6 Å². The van der Waals surface area contributed by atoms with E-state index in [4.69, 9.17) is 5.11 Å². The molecule has 8 heteroatoms. The molecule has 4 nitrogen and oxygen atoms in total. The van der Waals surface area contributed by atoms with Gasteiger partial charge in [-0.2, -0.15) is 13.2 Å². The van der Waals surface area contributed by atoms with E-state index in [2.05, 4.69) is 0 Å². The summed E-state index contributed by atoms with van der Waals surface area (Å²) in [6, 6.07) is 1.63. The Bertz CT molecular complexity index is 570. The first-order valence-electron chi connectivity index (χ1n) is 5.60. The summed E-state index contributed by atoms with van der Waals surface area (Å²) in [5.74, 6) is -4.66. The van der Waals surface area contributed by atoms with Crippen molar-refractivity contribution in [1.29, 1.82) is 0 Å². The Morgan fingerprint density at radius 3 is 2.40 bits per heavy atom. The van der Waals surface area contributed by atoms with Crippen molar-refractivity contribution in [2.75, 3.05) is 5.32 Å². The largest absolute Gasteiger partial charge is 0.481 e. The minimum atomic E-state index is -4.66. The first-order chi connectivity index (χ1) is 9.20. The van der Waals surface area contributed by atoms with E-state index in [9.17, 15) is 27.2 Å². The highest BCUT2D eigenvalue weighted by atomic mass is 19.4. The second-order valence-corrected chi connectivity index (χ2v) is 4.47. The molecular weight excluding hydrogens is 282 g/mol. The van der Waals surface area contributed by atoms with Crippen LogP contribution in [0.1, 0.15) is 12.0 Å². The van der Waals surface area contributed by atoms with E-state index in [0.29, 0.717) is 18.2 Å². The molecule has 1 aromatic rings.